The number of furan rings is 1. The van der Waals surface area contributed by atoms with Gasteiger partial charge in [0.05, 0.1) is 36.3 Å². The molecule has 3 rings (SSSR count). The summed E-state index contributed by atoms with van der Waals surface area (Å²) in [7, 11) is 0. The van der Waals surface area contributed by atoms with E-state index in [1.807, 2.05) is 18.2 Å². The van der Waals surface area contributed by atoms with Gasteiger partial charge >= 0.3 is 0 Å². The number of amides is 1. The van der Waals surface area contributed by atoms with Crippen LogP contribution in [0.25, 0.3) is 0 Å². The van der Waals surface area contributed by atoms with E-state index in [2.05, 4.69) is 15.6 Å². The molecule has 3 aromatic rings. The molecule has 2 N–H and O–H groups in total. The molecule has 6 nitrogen and oxygen atoms in total. The first-order chi connectivity index (χ1) is 11.7. The number of rotatable bonds is 5. The highest BCUT2D eigenvalue weighted by molar-refractivity contribution is 6.02. The van der Waals surface area contributed by atoms with Crippen molar-refractivity contribution in [1.82, 2.24) is 4.98 Å². The summed E-state index contributed by atoms with van der Waals surface area (Å²) in [6.45, 7) is 0.547. The van der Waals surface area contributed by atoms with E-state index < -0.39 is 0 Å². The van der Waals surface area contributed by atoms with Gasteiger partial charge in [0.2, 0.25) is 0 Å². The average Bonchev–Trinajstić information content (AvgIpc) is 3.14. The summed E-state index contributed by atoms with van der Waals surface area (Å²) in [5.74, 6) is 0.509. The third kappa shape index (κ3) is 3.78. The molecule has 0 spiro atoms. The van der Waals surface area contributed by atoms with Crippen molar-refractivity contribution >= 4 is 17.3 Å². The first kappa shape index (κ1) is 15.3. The summed E-state index contributed by atoms with van der Waals surface area (Å²) in [5, 5.41) is 14.7. The molecule has 118 valence electrons. The molecule has 2 aromatic heterocycles. The molecule has 6 heteroatoms. The van der Waals surface area contributed by atoms with Crippen LogP contribution >= 0.6 is 0 Å². The fourth-order valence-corrected chi connectivity index (χ4v) is 2.06. The van der Waals surface area contributed by atoms with Crippen molar-refractivity contribution < 1.29 is 9.21 Å². The monoisotopic (exact) mass is 318 g/mol. The maximum Gasteiger partial charge on any atom is 0.274 e. The van der Waals surface area contributed by atoms with Gasteiger partial charge in [0.1, 0.15) is 11.5 Å². The second-order valence-electron chi connectivity index (χ2n) is 5.01. The minimum atomic E-state index is -0.308. The number of anilines is 2. The van der Waals surface area contributed by atoms with Crippen LogP contribution in [0.1, 0.15) is 21.8 Å². The molecule has 2 heterocycles. The minimum absolute atomic E-state index is 0.308. The van der Waals surface area contributed by atoms with Crippen molar-refractivity contribution in [2.24, 2.45) is 0 Å². The molecule has 0 aliphatic carbocycles. The second kappa shape index (κ2) is 7.11. The number of hydrogen-bond acceptors (Lipinski definition) is 5. The van der Waals surface area contributed by atoms with Crippen molar-refractivity contribution in [3.63, 3.8) is 0 Å². The number of carbonyl (C=O) groups is 1. The Kier molecular flexibility index (Phi) is 4.54. The summed E-state index contributed by atoms with van der Waals surface area (Å²) in [5.41, 5.74) is 2.25. The maximum absolute atomic E-state index is 12.2. The van der Waals surface area contributed by atoms with E-state index in [0.717, 1.165) is 11.4 Å². The highest BCUT2D eigenvalue weighted by Crippen LogP contribution is 2.12. The van der Waals surface area contributed by atoms with Gasteiger partial charge < -0.3 is 15.1 Å². The first-order valence-corrected chi connectivity index (χ1v) is 7.28. The first-order valence-electron chi connectivity index (χ1n) is 7.28. The molecular formula is C18H14N4O2. The lowest BCUT2D eigenvalue weighted by Gasteiger charge is -2.07. The molecule has 0 bridgehead atoms. The van der Waals surface area contributed by atoms with E-state index in [1.54, 1.807) is 48.9 Å². The van der Waals surface area contributed by atoms with Crippen LogP contribution in [-0.4, -0.2) is 10.9 Å². The zero-order valence-electron chi connectivity index (χ0n) is 12.7. The molecule has 0 unspecified atom stereocenters. The standard InChI is InChI=1S/C18H14N4O2/c19-10-13-3-5-14(6-4-13)22-18(23)17-8-7-15(11-21-17)20-12-16-2-1-9-24-16/h1-9,11,20H,12H2,(H,22,23). The Labute approximate surface area is 138 Å². The third-order valence-corrected chi connectivity index (χ3v) is 3.31. The zero-order chi connectivity index (χ0) is 16.8. The molecule has 0 radical (unpaired) electrons. The van der Waals surface area contributed by atoms with E-state index in [0.29, 0.717) is 23.5 Å². The van der Waals surface area contributed by atoms with Gasteiger partial charge in [-0.1, -0.05) is 0 Å². The molecule has 0 saturated heterocycles. The molecule has 0 aliphatic rings. The van der Waals surface area contributed by atoms with E-state index >= 15 is 0 Å². The highest BCUT2D eigenvalue weighted by Gasteiger charge is 2.08. The van der Waals surface area contributed by atoms with E-state index in [-0.39, 0.29) is 5.91 Å². The van der Waals surface area contributed by atoms with Crippen LogP contribution in [0.2, 0.25) is 0 Å². The van der Waals surface area contributed by atoms with Gasteiger partial charge in [0.25, 0.3) is 5.91 Å². The predicted molar refractivity (Wildman–Crippen MR) is 89.4 cm³/mol. The van der Waals surface area contributed by atoms with Crippen LogP contribution in [0.5, 0.6) is 0 Å². The molecule has 1 aromatic carbocycles. The lowest BCUT2D eigenvalue weighted by Crippen LogP contribution is -2.13. The van der Waals surface area contributed by atoms with Gasteiger partial charge in [-0.15, -0.1) is 0 Å². The Morgan fingerprint density at radius 3 is 2.54 bits per heavy atom. The number of nitrogens with one attached hydrogen (secondary N) is 2. The summed E-state index contributed by atoms with van der Waals surface area (Å²) in [6.07, 6.45) is 3.21. The molecule has 0 fully saturated rings. The van der Waals surface area contributed by atoms with Crippen molar-refractivity contribution in [2.75, 3.05) is 10.6 Å². The number of pyridine rings is 1. The lowest BCUT2D eigenvalue weighted by atomic mass is 10.2. The zero-order valence-corrected chi connectivity index (χ0v) is 12.7. The minimum Gasteiger partial charge on any atom is -0.467 e. The van der Waals surface area contributed by atoms with Gasteiger partial charge in [0.15, 0.2) is 0 Å². The van der Waals surface area contributed by atoms with Crippen LogP contribution in [0.15, 0.2) is 65.4 Å². The van der Waals surface area contributed by atoms with Gasteiger partial charge in [-0.25, -0.2) is 4.98 Å². The summed E-state index contributed by atoms with van der Waals surface area (Å²) >= 11 is 0. The van der Waals surface area contributed by atoms with Crippen molar-refractivity contribution in [2.45, 2.75) is 6.54 Å². The molecule has 0 aliphatic heterocycles. The summed E-state index contributed by atoms with van der Waals surface area (Å²) in [6, 6.07) is 15.8. The highest BCUT2D eigenvalue weighted by atomic mass is 16.3. The van der Waals surface area contributed by atoms with E-state index in [1.165, 1.54) is 0 Å². The number of hydrogen-bond donors (Lipinski definition) is 2. The van der Waals surface area contributed by atoms with Crippen LogP contribution in [0, 0.1) is 11.3 Å². The number of benzene rings is 1. The number of nitrogens with zero attached hydrogens (tertiary/aromatic N) is 2. The molecular weight excluding hydrogens is 304 g/mol. The Hall–Kier alpha value is -3.59. The quantitative estimate of drug-likeness (QED) is 0.752. The second-order valence-corrected chi connectivity index (χ2v) is 5.01. The van der Waals surface area contributed by atoms with Crippen molar-refractivity contribution in [3.05, 3.63) is 78.0 Å². The smallest absolute Gasteiger partial charge is 0.274 e. The fourth-order valence-electron chi connectivity index (χ4n) is 2.06. The van der Waals surface area contributed by atoms with Crippen LogP contribution < -0.4 is 10.6 Å². The normalized spacial score (nSPS) is 9.96. The molecule has 0 saturated carbocycles. The lowest BCUT2D eigenvalue weighted by molar-refractivity contribution is 0.102. The third-order valence-electron chi connectivity index (χ3n) is 3.31. The van der Waals surface area contributed by atoms with Gasteiger partial charge in [-0.2, -0.15) is 5.26 Å². The number of nitriles is 1. The van der Waals surface area contributed by atoms with Gasteiger partial charge in [0, 0.05) is 5.69 Å². The molecule has 0 atom stereocenters. The molecule has 1 amide bonds. The summed E-state index contributed by atoms with van der Waals surface area (Å²) < 4.78 is 5.23. The topological polar surface area (TPSA) is 91.0 Å². The predicted octanol–water partition coefficient (Wildman–Crippen LogP) is 3.41. The average molecular weight is 318 g/mol. The van der Waals surface area contributed by atoms with Crippen molar-refractivity contribution in [1.29, 1.82) is 5.26 Å². The number of carbonyl (C=O) groups excluding carboxylic acids is 1. The van der Waals surface area contributed by atoms with Gasteiger partial charge in [-0.05, 0) is 48.5 Å². The largest absolute Gasteiger partial charge is 0.467 e. The fraction of sp³-hybridized carbons (Fsp3) is 0.0556. The Morgan fingerprint density at radius 1 is 1.12 bits per heavy atom. The van der Waals surface area contributed by atoms with Crippen molar-refractivity contribution in [3.8, 4) is 6.07 Å². The van der Waals surface area contributed by atoms with Crippen LogP contribution in [0.3, 0.4) is 0 Å². The molecule has 24 heavy (non-hydrogen) atoms. The number of aromatic nitrogens is 1. The van der Waals surface area contributed by atoms with E-state index in [9.17, 15) is 4.79 Å². The van der Waals surface area contributed by atoms with Crippen LogP contribution in [0.4, 0.5) is 11.4 Å². The summed E-state index contributed by atoms with van der Waals surface area (Å²) in [4.78, 5) is 16.3. The SMILES string of the molecule is N#Cc1ccc(NC(=O)c2ccc(NCc3ccco3)cn2)cc1. The maximum atomic E-state index is 12.2. The Balaban J connectivity index is 1.59. The Morgan fingerprint density at radius 2 is 1.92 bits per heavy atom. The van der Waals surface area contributed by atoms with E-state index in [4.69, 9.17) is 9.68 Å². The van der Waals surface area contributed by atoms with Gasteiger partial charge in [-0.3, -0.25) is 4.79 Å². The van der Waals surface area contributed by atoms with Crippen LogP contribution in [-0.2, 0) is 6.54 Å². The Bertz CT molecular complexity index is 848.